The highest BCUT2D eigenvalue weighted by atomic mass is 32.2. The number of hydrogen-bond donors (Lipinski definition) is 1. The molecule has 1 atom stereocenters. The fourth-order valence-electron chi connectivity index (χ4n) is 3.65. The van der Waals surface area contributed by atoms with Gasteiger partial charge in [-0.3, -0.25) is 9.69 Å². The Balaban J connectivity index is 1.71. The van der Waals surface area contributed by atoms with Crippen LogP contribution in [0.25, 0.3) is 0 Å². The van der Waals surface area contributed by atoms with Crippen LogP contribution < -0.4 is 0 Å². The van der Waals surface area contributed by atoms with Gasteiger partial charge in [0.1, 0.15) is 4.21 Å². The summed E-state index contributed by atoms with van der Waals surface area (Å²) in [5, 5.41) is 1.74. The van der Waals surface area contributed by atoms with E-state index < -0.39 is 22.0 Å². The molecule has 0 bridgehead atoms. The first-order valence-corrected chi connectivity index (χ1v) is 11.6. The molecule has 29 heavy (non-hydrogen) atoms. The molecule has 8 nitrogen and oxygen atoms in total. The third kappa shape index (κ3) is 4.02. The Morgan fingerprint density at radius 3 is 2.41 bits per heavy atom. The molecular formula is C19H25N3O5S2. The number of aryl methyl sites for hydroxylation is 1. The minimum Gasteiger partial charge on any atom is -0.465 e. The standard InChI is InChI=1S/C19H25N3O5S2/c1-12-16(19(24)27-4)13(2)20-17(12)18(23)14(3)21-7-9-22(10-8-21)29(25,26)15-6-5-11-28-15/h5-6,11,14,20H,7-10H2,1-4H3/t14-/m1/s1. The number of ether oxygens (including phenoxy) is 1. The molecule has 0 spiro atoms. The maximum atomic E-state index is 13.1. The number of esters is 1. The van der Waals surface area contributed by atoms with Crippen LogP contribution in [0.2, 0.25) is 0 Å². The summed E-state index contributed by atoms with van der Waals surface area (Å²) in [4.78, 5) is 30.0. The fraction of sp³-hybridized carbons (Fsp3) is 0.474. The van der Waals surface area contributed by atoms with Crippen molar-refractivity contribution in [1.82, 2.24) is 14.2 Å². The normalized spacial score (nSPS) is 17.2. The van der Waals surface area contributed by atoms with Crippen LogP contribution in [-0.4, -0.2) is 73.7 Å². The second-order valence-electron chi connectivity index (χ2n) is 7.03. The maximum absolute atomic E-state index is 13.1. The smallest absolute Gasteiger partial charge is 0.339 e. The third-order valence-electron chi connectivity index (χ3n) is 5.36. The Kier molecular flexibility index (Phi) is 6.27. The lowest BCUT2D eigenvalue weighted by molar-refractivity contribution is 0.0599. The highest BCUT2D eigenvalue weighted by Crippen LogP contribution is 2.24. The summed E-state index contributed by atoms with van der Waals surface area (Å²) < 4.78 is 31.9. The first kappa shape index (κ1) is 21.7. The van der Waals surface area contributed by atoms with Gasteiger partial charge in [-0.1, -0.05) is 6.07 Å². The van der Waals surface area contributed by atoms with E-state index >= 15 is 0 Å². The summed E-state index contributed by atoms with van der Waals surface area (Å²) in [6.07, 6.45) is 0. The summed E-state index contributed by atoms with van der Waals surface area (Å²) in [5.74, 6) is -0.606. The van der Waals surface area contributed by atoms with Crippen molar-refractivity contribution >= 4 is 33.1 Å². The van der Waals surface area contributed by atoms with Gasteiger partial charge in [-0.2, -0.15) is 4.31 Å². The first-order chi connectivity index (χ1) is 13.7. The quantitative estimate of drug-likeness (QED) is 0.546. The number of nitrogens with one attached hydrogen (secondary N) is 1. The summed E-state index contributed by atoms with van der Waals surface area (Å²) in [6, 6.07) is 2.88. The average Bonchev–Trinajstić information content (AvgIpc) is 3.35. The Morgan fingerprint density at radius 2 is 1.86 bits per heavy atom. The molecule has 158 valence electrons. The SMILES string of the molecule is COC(=O)c1c(C)[nH]c(C(=O)[C@@H](C)N2CCN(S(=O)(=O)c3cccs3)CC2)c1C. The van der Waals surface area contributed by atoms with E-state index in [1.54, 1.807) is 38.3 Å². The molecule has 3 heterocycles. The Hall–Kier alpha value is -2.01. The Morgan fingerprint density at radius 1 is 1.21 bits per heavy atom. The van der Waals surface area contributed by atoms with Crippen LogP contribution in [0.15, 0.2) is 21.7 Å². The molecular weight excluding hydrogens is 414 g/mol. The van der Waals surface area contributed by atoms with Crippen molar-refractivity contribution in [1.29, 1.82) is 0 Å². The van der Waals surface area contributed by atoms with Gasteiger partial charge in [-0.15, -0.1) is 11.3 Å². The largest absolute Gasteiger partial charge is 0.465 e. The molecule has 2 aromatic rings. The van der Waals surface area contributed by atoms with Crippen LogP contribution in [-0.2, 0) is 14.8 Å². The number of sulfonamides is 1. The number of carbonyl (C=O) groups excluding carboxylic acids is 2. The number of ketones is 1. The molecule has 0 radical (unpaired) electrons. The van der Waals surface area contributed by atoms with Gasteiger partial charge in [-0.05, 0) is 37.8 Å². The Labute approximate surface area is 174 Å². The first-order valence-electron chi connectivity index (χ1n) is 9.27. The second-order valence-corrected chi connectivity index (χ2v) is 10.1. The van der Waals surface area contributed by atoms with Gasteiger partial charge in [0.15, 0.2) is 5.78 Å². The lowest BCUT2D eigenvalue weighted by Crippen LogP contribution is -2.53. The van der Waals surface area contributed by atoms with E-state index in [1.807, 2.05) is 4.90 Å². The molecule has 1 fully saturated rings. The monoisotopic (exact) mass is 439 g/mol. The van der Waals surface area contributed by atoms with Crippen LogP contribution in [0.1, 0.15) is 39.0 Å². The van der Waals surface area contributed by atoms with Gasteiger partial charge in [-0.25, -0.2) is 13.2 Å². The van der Waals surface area contributed by atoms with Crippen LogP contribution in [0, 0.1) is 13.8 Å². The number of thiophene rings is 1. The van der Waals surface area contributed by atoms with Gasteiger partial charge in [0.25, 0.3) is 10.0 Å². The number of hydrogen-bond acceptors (Lipinski definition) is 7. The highest BCUT2D eigenvalue weighted by Gasteiger charge is 2.34. The fourth-order valence-corrected chi connectivity index (χ4v) is 6.21. The van der Waals surface area contributed by atoms with E-state index in [2.05, 4.69) is 4.98 Å². The molecule has 2 aromatic heterocycles. The van der Waals surface area contributed by atoms with Gasteiger partial charge in [0.2, 0.25) is 0 Å². The zero-order valence-electron chi connectivity index (χ0n) is 16.9. The summed E-state index contributed by atoms with van der Waals surface area (Å²) in [7, 11) is -2.17. The van der Waals surface area contributed by atoms with Crippen LogP contribution in [0.5, 0.6) is 0 Å². The number of nitrogens with zero attached hydrogens (tertiary/aromatic N) is 2. The van der Waals surface area contributed by atoms with E-state index in [1.165, 1.54) is 22.8 Å². The van der Waals surface area contributed by atoms with Crippen LogP contribution >= 0.6 is 11.3 Å². The maximum Gasteiger partial charge on any atom is 0.339 e. The van der Waals surface area contributed by atoms with Crippen molar-refractivity contribution in [3.8, 4) is 0 Å². The van der Waals surface area contributed by atoms with Crippen LogP contribution in [0.3, 0.4) is 0 Å². The number of piperazine rings is 1. The number of carbonyl (C=O) groups is 2. The van der Waals surface area contributed by atoms with Gasteiger partial charge >= 0.3 is 5.97 Å². The van der Waals surface area contributed by atoms with Crippen molar-refractivity contribution in [2.24, 2.45) is 0 Å². The number of Topliss-reactive ketones (excluding diaryl/α,β-unsaturated/α-hetero) is 1. The summed E-state index contributed by atoms with van der Waals surface area (Å²) in [6.45, 7) is 6.83. The molecule has 10 heteroatoms. The minimum absolute atomic E-state index is 0.129. The van der Waals surface area contributed by atoms with E-state index in [4.69, 9.17) is 4.74 Å². The third-order valence-corrected chi connectivity index (χ3v) is 8.63. The van der Waals surface area contributed by atoms with Crippen molar-refractivity contribution in [2.45, 2.75) is 31.0 Å². The highest BCUT2D eigenvalue weighted by molar-refractivity contribution is 7.91. The predicted molar refractivity (Wildman–Crippen MR) is 110 cm³/mol. The molecule has 0 saturated carbocycles. The van der Waals surface area contributed by atoms with Gasteiger partial charge in [0.05, 0.1) is 24.4 Å². The van der Waals surface area contributed by atoms with E-state index in [-0.39, 0.29) is 5.78 Å². The predicted octanol–water partition coefficient (Wildman–Crippen LogP) is 2.06. The zero-order chi connectivity index (χ0) is 21.3. The minimum atomic E-state index is -3.48. The van der Waals surface area contributed by atoms with Crippen molar-refractivity contribution in [3.63, 3.8) is 0 Å². The van der Waals surface area contributed by atoms with Gasteiger partial charge in [0, 0.05) is 31.9 Å². The number of rotatable bonds is 6. The molecule has 3 rings (SSSR count). The van der Waals surface area contributed by atoms with E-state index in [0.29, 0.717) is 52.9 Å². The van der Waals surface area contributed by atoms with E-state index in [0.717, 1.165) is 0 Å². The summed E-state index contributed by atoms with van der Waals surface area (Å²) >= 11 is 1.20. The lowest BCUT2D eigenvalue weighted by Gasteiger charge is -2.36. The number of aromatic amines is 1. The Bertz CT molecular complexity index is 1000. The van der Waals surface area contributed by atoms with Crippen LogP contribution in [0.4, 0.5) is 0 Å². The molecule has 1 aliphatic rings. The molecule has 0 aromatic carbocycles. The van der Waals surface area contributed by atoms with Crippen molar-refractivity contribution < 1.29 is 22.7 Å². The zero-order valence-corrected chi connectivity index (χ0v) is 18.5. The molecule has 0 amide bonds. The van der Waals surface area contributed by atoms with Crippen molar-refractivity contribution in [2.75, 3.05) is 33.3 Å². The number of methoxy groups -OCH3 is 1. The molecule has 1 aliphatic heterocycles. The summed E-state index contributed by atoms with van der Waals surface area (Å²) in [5.41, 5.74) is 1.95. The van der Waals surface area contributed by atoms with Gasteiger partial charge < -0.3 is 9.72 Å². The second kappa shape index (κ2) is 8.39. The number of aromatic nitrogens is 1. The molecule has 1 saturated heterocycles. The molecule has 0 aliphatic carbocycles. The average molecular weight is 440 g/mol. The topological polar surface area (TPSA) is 99.8 Å². The van der Waals surface area contributed by atoms with Crippen molar-refractivity contribution in [3.05, 3.63) is 40.0 Å². The lowest BCUT2D eigenvalue weighted by atomic mass is 10.0. The molecule has 0 unspecified atom stereocenters. The number of H-pyrrole nitrogens is 1. The molecule has 1 N–H and O–H groups in total. The van der Waals surface area contributed by atoms with E-state index in [9.17, 15) is 18.0 Å².